The van der Waals surface area contributed by atoms with Crippen molar-refractivity contribution in [3.05, 3.63) is 35.4 Å². The standard InChI is InChI=1S/C17H27NO/c1-5-18-16(10-11-17(2,3)19-4)15-12-13-8-6-7-9-14(13)15/h6-9,15-16,18H,5,10-12H2,1-4H3. The smallest absolute Gasteiger partial charge is 0.0623 e. The molecule has 0 saturated heterocycles. The molecule has 0 heterocycles. The lowest BCUT2D eigenvalue weighted by Crippen LogP contribution is -2.41. The van der Waals surface area contributed by atoms with Gasteiger partial charge in [0.05, 0.1) is 5.60 Å². The number of hydrogen-bond donors (Lipinski definition) is 1. The van der Waals surface area contributed by atoms with Crippen LogP contribution in [0.15, 0.2) is 24.3 Å². The topological polar surface area (TPSA) is 21.3 Å². The molecule has 2 unspecified atom stereocenters. The number of nitrogens with one attached hydrogen (secondary N) is 1. The number of likely N-dealkylation sites (N-methyl/N-ethyl adjacent to an activating group) is 1. The fourth-order valence-corrected chi connectivity index (χ4v) is 2.97. The summed E-state index contributed by atoms with van der Waals surface area (Å²) in [6, 6.07) is 9.43. The third-order valence-electron chi connectivity index (χ3n) is 4.46. The average Bonchev–Trinajstić information content (AvgIpc) is 2.37. The zero-order chi connectivity index (χ0) is 13.9. The predicted octanol–water partition coefficient (Wildman–Crippen LogP) is 3.51. The van der Waals surface area contributed by atoms with E-state index >= 15 is 0 Å². The highest BCUT2D eigenvalue weighted by Gasteiger charge is 2.33. The van der Waals surface area contributed by atoms with Gasteiger partial charge in [0, 0.05) is 19.1 Å². The van der Waals surface area contributed by atoms with E-state index in [1.54, 1.807) is 12.7 Å². The molecule has 0 spiro atoms. The Hall–Kier alpha value is -0.860. The van der Waals surface area contributed by atoms with Gasteiger partial charge in [0.25, 0.3) is 0 Å². The van der Waals surface area contributed by atoms with Gasteiger partial charge in [0.2, 0.25) is 0 Å². The summed E-state index contributed by atoms with van der Waals surface area (Å²) in [6.07, 6.45) is 3.49. The van der Waals surface area contributed by atoms with E-state index in [9.17, 15) is 0 Å². The Labute approximate surface area is 117 Å². The van der Waals surface area contributed by atoms with Gasteiger partial charge in [-0.05, 0) is 50.8 Å². The van der Waals surface area contributed by atoms with Gasteiger partial charge in [-0.1, -0.05) is 31.2 Å². The summed E-state index contributed by atoms with van der Waals surface area (Å²) in [7, 11) is 1.81. The van der Waals surface area contributed by atoms with Crippen molar-refractivity contribution >= 4 is 0 Å². The highest BCUT2D eigenvalue weighted by atomic mass is 16.5. The maximum absolute atomic E-state index is 5.54. The van der Waals surface area contributed by atoms with Crippen LogP contribution in [0.1, 0.15) is 50.7 Å². The number of methoxy groups -OCH3 is 1. The first kappa shape index (κ1) is 14.5. The SMILES string of the molecule is CCNC(CCC(C)(C)OC)C1Cc2ccccc21. The Kier molecular flexibility index (Phi) is 4.64. The molecule has 1 aliphatic carbocycles. The number of hydrogen-bond acceptors (Lipinski definition) is 2. The lowest BCUT2D eigenvalue weighted by Gasteiger charge is -2.38. The molecule has 2 atom stereocenters. The van der Waals surface area contributed by atoms with Crippen LogP contribution >= 0.6 is 0 Å². The van der Waals surface area contributed by atoms with E-state index < -0.39 is 0 Å². The second-order valence-corrected chi connectivity index (χ2v) is 6.18. The van der Waals surface area contributed by atoms with Gasteiger partial charge in [-0.2, -0.15) is 0 Å². The molecule has 0 fully saturated rings. The quantitative estimate of drug-likeness (QED) is 0.811. The van der Waals surface area contributed by atoms with Gasteiger partial charge >= 0.3 is 0 Å². The zero-order valence-electron chi connectivity index (χ0n) is 12.7. The van der Waals surface area contributed by atoms with Crippen molar-refractivity contribution < 1.29 is 4.74 Å². The van der Waals surface area contributed by atoms with Gasteiger partial charge in [0.1, 0.15) is 0 Å². The largest absolute Gasteiger partial charge is 0.379 e. The van der Waals surface area contributed by atoms with Crippen LogP contribution in [0.2, 0.25) is 0 Å². The summed E-state index contributed by atoms with van der Waals surface area (Å²) < 4.78 is 5.54. The van der Waals surface area contributed by atoms with E-state index in [-0.39, 0.29) is 5.60 Å². The van der Waals surface area contributed by atoms with Crippen LogP contribution < -0.4 is 5.32 Å². The van der Waals surface area contributed by atoms with Crippen LogP contribution in [0.3, 0.4) is 0 Å². The molecule has 0 radical (unpaired) electrons. The van der Waals surface area contributed by atoms with Crippen LogP contribution in [0.4, 0.5) is 0 Å². The van der Waals surface area contributed by atoms with Crippen molar-refractivity contribution in [3.63, 3.8) is 0 Å². The lowest BCUT2D eigenvalue weighted by atomic mass is 9.72. The summed E-state index contributed by atoms with van der Waals surface area (Å²) in [4.78, 5) is 0. The van der Waals surface area contributed by atoms with Crippen molar-refractivity contribution in [2.75, 3.05) is 13.7 Å². The molecule has 0 bridgehead atoms. The highest BCUT2D eigenvalue weighted by molar-refractivity contribution is 5.41. The summed E-state index contributed by atoms with van der Waals surface area (Å²) in [6.45, 7) is 7.57. The summed E-state index contributed by atoms with van der Waals surface area (Å²) in [5.41, 5.74) is 3.06. The number of rotatable bonds is 7. The second-order valence-electron chi connectivity index (χ2n) is 6.18. The minimum Gasteiger partial charge on any atom is -0.379 e. The highest BCUT2D eigenvalue weighted by Crippen LogP contribution is 2.39. The molecule has 2 rings (SSSR count). The Balaban J connectivity index is 1.98. The molecular formula is C17H27NO. The van der Waals surface area contributed by atoms with Crippen LogP contribution in [-0.4, -0.2) is 25.3 Å². The van der Waals surface area contributed by atoms with Crippen LogP contribution in [0.25, 0.3) is 0 Å². The Morgan fingerprint density at radius 1 is 1.37 bits per heavy atom. The predicted molar refractivity (Wildman–Crippen MR) is 80.7 cm³/mol. The molecule has 106 valence electrons. The first-order valence-electron chi connectivity index (χ1n) is 7.43. The Bertz CT molecular complexity index is 413. The summed E-state index contributed by atoms with van der Waals surface area (Å²) in [5.74, 6) is 0.684. The average molecular weight is 261 g/mol. The minimum absolute atomic E-state index is 0.0169. The molecule has 2 heteroatoms. The maximum Gasteiger partial charge on any atom is 0.0623 e. The van der Waals surface area contributed by atoms with Crippen LogP contribution in [0, 0.1) is 0 Å². The van der Waals surface area contributed by atoms with Gasteiger partial charge < -0.3 is 10.1 Å². The zero-order valence-corrected chi connectivity index (χ0v) is 12.7. The van der Waals surface area contributed by atoms with Crippen molar-refractivity contribution in [1.29, 1.82) is 0 Å². The first-order valence-corrected chi connectivity index (χ1v) is 7.43. The molecule has 0 amide bonds. The third-order valence-corrected chi connectivity index (χ3v) is 4.46. The molecular weight excluding hydrogens is 234 g/mol. The van der Waals surface area contributed by atoms with E-state index in [4.69, 9.17) is 4.74 Å². The van der Waals surface area contributed by atoms with E-state index in [1.807, 2.05) is 0 Å². The summed E-state index contributed by atoms with van der Waals surface area (Å²) in [5, 5.41) is 3.67. The molecule has 0 saturated carbocycles. The third kappa shape index (κ3) is 3.37. The monoisotopic (exact) mass is 261 g/mol. The molecule has 0 aliphatic heterocycles. The van der Waals surface area contributed by atoms with E-state index in [1.165, 1.54) is 18.4 Å². The van der Waals surface area contributed by atoms with Crippen molar-refractivity contribution in [3.8, 4) is 0 Å². The second kappa shape index (κ2) is 6.06. The molecule has 1 N–H and O–H groups in total. The van der Waals surface area contributed by atoms with Crippen molar-refractivity contribution in [2.24, 2.45) is 0 Å². The van der Waals surface area contributed by atoms with Gasteiger partial charge in [-0.15, -0.1) is 0 Å². The molecule has 2 nitrogen and oxygen atoms in total. The Morgan fingerprint density at radius 2 is 2.11 bits per heavy atom. The van der Waals surface area contributed by atoms with E-state index in [2.05, 4.69) is 50.4 Å². The number of ether oxygens (including phenoxy) is 1. The molecule has 1 aliphatic rings. The fourth-order valence-electron chi connectivity index (χ4n) is 2.97. The first-order chi connectivity index (χ1) is 9.07. The number of benzene rings is 1. The summed E-state index contributed by atoms with van der Waals surface area (Å²) >= 11 is 0. The molecule has 19 heavy (non-hydrogen) atoms. The van der Waals surface area contributed by atoms with Crippen LogP contribution in [-0.2, 0) is 11.2 Å². The lowest BCUT2D eigenvalue weighted by molar-refractivity contribution is 0.0109. The van der Waals surface area contributed by atoms with Crippen molar-refractivity contribution in [1.82, 2.24) is 5.32 Å². The number of fused-ring (bicyclic) bond motifs is 1. The Morgan fingerprint density at radius 3 is 2.74 bits per heavy atom. The minimum atomic E-state index is -0.0169. The molecule has 1 aromatic rings. The fraction of sp³-hybridized carbons (Fsp3) is 0.647. The van der Waals surface area contributed by atoms with Gasteiger partial charge in [-0.25, -0.2) is 0 Å². The van der Waals surface area contributed by atoms with E-state index in [0.29, 0.717) is 12.0 Å². The van der Waals surface area contributed by atoms with Gasteiger partial charge in [-0.3, -0.25) is 0 Å². The van der Waals surface area contributed by atoms with Crippen molar-refractivity contribution in [2.45, 2.75) is 57.6 Å². The molecule has 0 aromatic heterocycles. The van der Waals surface area contributed by atoms with Crippen LogP contribution in [0.5, 0.6) is 0 Å². The normalized spacial score (nSPS) is 19.7. The maximum atomic E-state index is 5.54. The molecule has 1 aromatic carbocycles. The van der Waals surface area contributed by atoms with Gasteiger partial charge in [0.15, 0.2) is 0 Å². The van der Waals surface area contributed by atoms with E-state index in [0.717, 1.165) is 13.0 Å².